The smallest absolute Gasteiger partial charge is 0.302 e. The highest BCUT2D eigenvalue weighted by Gasteiger charge is 2.26. The van der Waals surface area contributed by atoms with Gasteiger partial charge in [0, 0.05) is 18.1 Å². The van der Waals surface area contributed by atoms with Gasteiger partial charge in [-0.05, 0) is 34.6 Å². The molecule has 0 fully saturated rings. The Morgan fingerprint density at radius 2 is 2.11 bits per heavy atom. The van der Waals surface area contributed by atoms with Crippen molar-refractivity contribution in [3.8, 4) is 5.75 Å². The third-order valence-electron chi connectivity index (χ3n) is 2.48. The second-order valence-electron chi connectivity index (χ2n) is 3.52. The van der Waals surface area contributed by atoms with Gasteiger partial charge in [0.05, 0.1) is 44.0 Å². The van der Waals surface area contributed by atoms with Gasteiger partial charge in [0.1, 0.15) is 0 Å². The topological polar surface area (TPSA) is 50.6 Å². The van der Waals surface area contributed by atoms with Gasteiger partial charge < -0.3 is 13.0 Å². The molecular formula is C11H15I2N2O3+. The highest BCUT2D eigenvalue weighted by Crippen LogP contribution is 2.40. The number of benzene rings is 1. The number of methoxy groups -OCH3 is 2. The minimum absolute atomic E-state index is 0.0212. The molecule has 100 valence electrons. The minimum Gasteiger partial charge on any atom is -0.489 e. The van der Waals surface area contributed by atoms with Crippen LogP contribution in [0.5, 0.6) is 5.75 Å². The predicted octanol–water partition coefficient (Wildman–Crippen LogP) is 3.64. The second-order valence-corrected chi connectivity index (χ2v) is 5.14. The van der Waals surface area contributed by atoms with Crippen molar-refractivity contribution in [1.29, 1.82) is 0 Å². The highest BCUT2D eigenvalue weighted by atomic mass is 127. The van der Waals surface area contributed by atoms with E-state index in [0.29, 0.717) is 11.4 Å². The Bertz CT molecular complexity index is 452. The number of halogens is 2. The lowest BCUT2D eigenvalue weighted by Gasteiger charge is -2.12. The molecule has 0 heterocycles. The lowest BCUT2D eigenvalue weighted by Crippen LogP contribution is -2.08. The molecule has 0 aliphatic heterocycles. The average molecular weight is 477 g/mol. The summed E-state index contributed by atoms with van der Waals surface area (Å²) in [7, 11) is 3.05. The van der Waals surface area contributed by atoms with Crippen molar-refractivity contribution in [2.45, 2.75) is 13.3 Å². The molecular weight excluding hydrogens is 462 g/mol. The van der Waals surface area contributed by atoms with Crippen LogP contribution in [0.15, 0.2) is 6.07 Å². The number of hydrogen-bond acceptors (Lipinski definition) is 4. The van der Waals surface area contributed by atoms with Crippen molar-refractivity contribution in [1.82, 2.24) is 0 Å². The zero-order valence-electron chi connectivity index (χ0n) is 10.4. The second kappa shape index (κ2) is 7.43. The molecule has 0 radical (unpaired) electrons. The van der Waals surface area contributed by atoms with E-state index >= 15 is 0 Å². The third-order valence-corrected chi connectivity index (χ3v) is 4.05. The van der Waals surface area contributed by atoms with Crippen molar-refractivity contribution in [3.63, 3.8) is 0 Å². The molecule has 18 heavy (non-hydrogen) atoms. The first-order valence-corrected chi connectivity index (χ1v) is 7.46. The van der Waals surface area contributed by atoms with Gasteiger partial charge in [0.2, 0.25) is 5.75 Å². The zero-order chi connectivity index (χ0) is 13.7. The van der Waals surface area contributed by atoms with Crippen LogP contribution in [-0.2, 0) is 11.2 Å². The summed E-state index contributed by atoms with van der Waals surface area (Å²) in [6, 6.07) is 1.84. The van der Waals surface area contributed by atoms with Crippen LogP contribution < -0.4 is 8.27 Å². The number of nitrogens with zero attached hydrogens (tertiary/aromatic N) is 1. The first kappa shape index (κ1) is 15.9. The molecule has 0 aliphatic rings. The number of ether oxygens (including phenoxy) is 2. The number of hydrogen-bond donors (Lipinski definition) is 1. The summed E-state index contributed by atoms with van der Waals surface area (Å²) in [4.78, 5) is 11.9. The van der Waals surface area contributed by atoms with Crippen LogP contribution in [0.1, 0.15) is 12.5 Å². The summed E-state index contributed by atoms with van der Waals surface area (Å²) in [6.07, 6.45) is 0.832. The van der Waals surface area contributed by atoms with E-state index in [4.69, 9.17) is 9.47 Å². The van der Waals surface area contributed by atoms with E-state index in [9.17, 15) is 4.91 Å². The Labute approximate surface area is 134 Å². The van der Waals surface area contributed by atoms with Gasteiger partial charge in [-0.1, -0.05) is 6.92 Å². The number of nitroso groups, excluding NO2 is 1. The molecule has 1 aromatic rings. The standard InChI is InChI=1S/C11H15I2N2O3/c1-4-7-5-8(15(16)6-17-2)11(18-3)9(12)10(7)14-13/h5,14H,4,6H2,1-3H3/q+1. The van der Waals surface area contributed by atoms with Crippen LogP contribution >= 0.6 is 45.5 Å². The van der Waals surface area contributed by atoms with Gasteiger partial charge in [-0.3, -0.25) is 0 Å². The molecule has 1 rings (SSSR count). The summed E-state index contributed by atoms with van der Waals surface area (Å²) in [5.41, 5.74) is 2.56. The Morgan fingerprint density at radius 3 is 2.56 bits per heavy atom. The fourth-order valence-corrected chi connectivity index (χ4v) is 3.73. The Hall–Kier alpha value is -0.160. The van der Waals surface area contributed by atoms with E-state index in [0.717, 1.165) is 26.0 Å². The molecule has 5 nitrogen and oxygen atoms in total. The fraction of sp³-hybridized carbons (Fsp3) is 0.455. The van der Waals surface area contributed by atoms with Crippen molar-refractivity contribution < 1.29 is 14.2 Å². The van der Waals surface area contributed by atoms with Crippen molar-refractivity contribution in [3.05, 3.63) is 20.1 Å². The summed E-state index contributed by atoms with van der Waals surface area (Å²) >= 11 is 4.26. The van der Waals surface area contributed by atoms with Crippen LogP contribution in [0.4, 0.5) is 11.4 Å². The van der Waals surface area contributed by atoms with Crippen molar-refractivity contribution in [2.75, 3.05) is 24.5 Å². The largest absolute Gasteiger partial charge is 0.489 e. The van der Waals surface area contributed by atoms with E-state index in [2.05, 4.69) is 49.0 Å². The number of aryl methyl sites for hydroxylation is 1. The maximum atomic E-state index is 11.9. The molecule has 1 N–H and O–H groups in total. The number of nitrogens with one attached hydrogen (secondary N) is 1. The van der Waals surface area contributed by atoms with Gasteiger partial charge in [-0.2, -0.15) is 0 Å². The zero-order valence-corrected chi connectivity index (χ0v) is 14.7. The van der Waals surface area contributed by atoms with Gasteiger partial charge in [0.25, 0.3) is 0 Å². The molecule has 0 spiro atoms. The monoisotopic (exact) mass is 477 g/mol. The summed E-state index contributed by atoms with van der Waals surface area (Å²) < 4.78 is 15.0. The summed E-state index contributed by atoms with van der Waals surface area (Å²) in [5.74, 6) is 0.569. The van der Waals surface area contributed by atoms with Crippen LogP contribution in [0, 0.1) is 8.48 Å². The average Bonchev–Trinajstić information content (AvgIpc) is 2.37. The van der Waals surface area contributed by atoms with Crippen LogP contribution in [0.25, 0.3) is 0 Å². The van der Waals surface area contributed by atoms with E-state index < -0.39 is 0 Å². The van der Waals surface area contributed by atoms with Gasteiger partial charge in [0.15, 0.2) is 0 Å². The number of rotatable bonds is 6. The fourth-order valence-electron chi connectivity index (χ4n) is 1.62. The third kappa shape index (κ3) is 3.23. The first-order valence-electron chi connectivity index (χ1n) is 5.30. The predicted molar refractivity (Wildman–Crippen MR) is 87.9 cm³/mol. The molecule has 0 aliphatic carbocycles. The molecule has 0 aromatic heterocycles. The van der Waals surface area contributed by atoms with E-state index in [1.807, 2.05) is 13.0 Å². The first-order chi connectivity index (χ1) is 8.60. The van der Waals surface area contributed by atoms with Crippen molar-refractivity contribution >= 4 is 56.8 Å². The maximum absolute atomic E-state index is 11.9. The normalized spacial score (nSPS) is 10.3. The van der Waals surface area contributed by atoms with Crippen LogP contribution in [0.3, 0.4) is 0 Å². The SMILES string of the molecule is CCc1cc([N+](=O)COC)c(OC)c(I)c1NI. The molecule has 0 bridgehead atoms. The Kier molecular flexibility index (Phi) is 6.57. The summed E-state index contributed by atoms with van der Waals surface area (Å²) in [6.45, 7) is 2.03. The molecule has 0 saturated heterocycles. The van der Waals surface area contributed by atoms with Gasteiger partial charge >= 0.3 is 12.4 Å². The van der Waals surface area contributed by atoms with Gasteiger partial charge in [-0.15, -0.1) is 0 Å². The Morgan fingerprint density at radius 1 is 1.44 bits per heavy atom. The molecule has 0 saturated carbocycles. The lowest BCUT2D eigenvalue weighted by atomic mass is 10.1. The van der Waals surface area contributed by atoms with E-state index in [1.54, 1.807) is 7.11 Å². The van der Waals surface area contributed by atoms with E-state index in [-0.39, 0.29) is 6.73 Å². The molecule has 0 unspecified atom stereocenters. The van der Waals surface area contributed by atoms with Crippen molar-refractivity contribution in [2.24, 2.45) is 0 Å². The van der Waals surface area contributed by atoms with Gasteiger partial charge in [-0.25, -0.2) is 0 Å². The Balaban J connectivity index is 3.42. The molecule has 0 atom stereocenters. The number of anilines is 1. The van der Waals surface area contributed by atoms with Crippen LogP contribution in [-0.4, -0.2) is 25.7 Å². The highest BCUT2D eigenvalue weighted by molar-refractivity contribution is 14.1. The molecule has 1 aromatic carbocycles. The maximum Gasteiger partial charge on any atom is 0.302 e. The molecule has 0 amide bonds. The molecule has 7 heteroatoms. The van der Waals surface area contributed by atoms with Crippen LogP contribution in [0.2, 0.25) is 0 Å². The summed E-state index contributed by atoms with van der Waals surface area (Å²) in [5, 5.41) is 0. The van der Waals surface area contributed by atoms with E-state index in [1.165, 1.54) is 7.11 Å². The minimum atomic E-state index is -0.0212. The quantitative estimate of drug-likeness (QED) is 0.295. The lowest BCUT2D eigenvalue weighted by molar-refractivity contribution is -0.508.